The lowest BCUT2D eigenvalue weighted by Gasteiger charge is -2.28. The van der Waals surface area contributed by atoms with Gasteiger partial charge >= 0.3 is 12.1 Å². The van der Waals surface area contributed by atoms with Gasteiger partial charge in [0.1, 0.15) is 24.2 Å². The summed E-state index contributed by atoms with van der Waals surface area (Å²) < 4.78 is 9.90. The SMILES string of the molecule is CCOC(=O)CNC(=O)CNC(=O)C(NC(=O)C(NC(=O)OC(C)(C)C)C(C)C)C(C)C. The smallest absolute Gasteiger partial charge is 0.408 e. The van der Waals surface area contributed by atoms with Crippen LogP contribution in [0.15, 0.2) is 0 Å². The van der Waals surface area contributed by atoms with Crippen molar-refractivity contribution in [3.05, 3.63) is 0 Å². The highest BCUT2D eigenvalue weighted by Crippen LogP contribution is 2.10. The van der Waals surface area contributed by atoms with Crippen LogP contribution < -0.4 is 21.3 Å². The second-order valence-corrected chi connectivity index (χ2v) is 8.90. The Balaban J connectivity index is 4.94. The van der Waals surface area contributed by atoms with E-state index in [1.54, 1.807) is 55.4 Å². The highest BCUT2D eigenvalue weighted by molar-refractivity contribution is 5.93. The molecule has 184 valence electrons. The fourth-order valence-corrected chi connectivity index (χ4v) is 2.47. The van der Waals surface area contributed by atoms with Crippen LogP contribution in [0.3, 0.4) is 0 Å². The third-order valence-corrected chi connectivity index (χ3v) is 4.03. The molecule has 2 unspecified atom stereocenters. The predicted octanol–water partition coefficient (Wildman–Crippen LogP) is 0.472. The van der Waals surface area contributed by atoms with E-state index in [0.29, 0.717) is 0 Å². The Kier molecular flexibility index (Phi) is 12.3. The molecule has 0 spiro atoms. The van der Waals surface area contributed by atoms with E-state index in [9.17, 15) is 24.0 Å². The van der Waals surface area contributed by atoms with Gasteiger partial charge in [-0.25, -0.2) is 4.79 Å². The highest BCUT2D eigenvalue weighted by Gasteiger charge is 2.31. The largest absolute Gasteiger partial charge is 0.465 e. The van der Waals surface area contributed by atoms with Crippen molar-refractivity contribution >= 4 is 29.8 Å². The standard InChI is InChI=1S/C21H38N4O7/c1-9-31-15(27)11-22-14(26)10-23-18(28)16(12(2)3)24-19(29)17(13(4)5)25-20(30)32-21(6,7)8/h12-13,16-17H,9-11H2,1-8H3,(H,22,26)(H,23,28)(H,24,29)(H,25,30). The zero-order valence-corrected chi connectivity index (χ0v) is 20.3. The number of hydrogen-bond donors (Lipinski definition) is 4. The van der Waals surface area contributed by atoms with Gasteiger partial charge < -0.3 is 30.7 Å². The number of carbonyl (C=O) groups excluding carboxylic acids is 5. The Hall–Kier alpha value is -2.85. The van der Waals surface area contributed by atoms with Crippen LogP contribution in [0.1, 0.15) is 55.4 Å². The van der Waals surface area contributed by atoms with Crippen LogP contribution in [0.5, 0.6) is 0 Å². The van der Waals surface area contributed by atoms with Gasteiger partial charge in [-0.05, 0) is 39.5 Å². The molecule has 0 radical (unpaired) electrons. The summed E-state index contributed by atoms with van der Waals surface area (Å²) in [6, 6.07) is -1.87. The highest BCUT2D eigenvalue weighted by atomic mass is 16.6. The molecule has 0 rings (SSSR count). The Morgan fingerprint density at radius 3 is 1.78 bits per heavy atom. The van der Waals surface area contributed by atoms with Crippen molar-refractivity contribution in [2.45, 2.75) is 73.1 Å². The van der Waals surface area contributed by atoms with Crippen LogP contribution in [0, 0.1) is 11.8 Å². The number of carbonyl (C=O) groups is 5. The molecule has 0 aliphatic carbocycles. The van der Waals surface area contributed by atoms with Crippen molar-refractivity contribution in [3.63, 3.8) is 0 Å². The van der Waals surface area contributed by atoms with Crippen molar-refractivity contribution in [2.75, 3.05) is 19.7 Å². The van der Waals surface area contributed by atoms with Crippen molar-refractivity contribution in [1.29, 1.82) is 0 Å². The molecule has 0 saturated carbocycles. The van der Waals surface area contributed by atoms with E-state index in [1.165, 1.54) is 0 Å². The lowest BCUT2D eigenvalue weighted by atomic mass is 10.00. The Bertz CT molecular complexity index is 672. The Morgan fingerprint density at radius 1 is 0.781 bits per heavy atom. The van der Waals surface area contributed by atoms with Crippen LogP contribution in [-0.4, -0.2) is 67.2 Å². The molecule has 0 aromatic carbocycles. The fourth-order valence-electron chi connectivity index (χ4n) is 2.47. The number of alkyl carbamates (subject to hydrolysis) is 1. The molecule has 0 fully saturated rings. The molecule has 0 aromatic heterocycles. The molecule has 32 heavy (non-hydrogen) atoms. The van der Waals surface area contributed by atoms with Gasteiger partial charge in [0.15, 0.2) is 0 Å². The summed E-state index contributed by atoms with van der Waals surface area (Å²) in [5.41, 5.74) is -0.726. The fraction of sp³-hybridized carbons (Fsp3) is 0.762. The molecule has 0 aromatic rings. The number of ether oxygens (including phenoxy) is 2. The van der Waals surface area contributed by atoms with Crippen molar-refractivity contribution in [2.24, 2.45) is 11.8 Å². The molecule has 11 nitrogen and oxygen atoms in total. The van der Waals surface area contributed by atoms with Crippen molar-refractivity contribution in [3.8, 4) is 0 Å². The van der Waals surface area contributed by atoms with Crippen molar-refractivity contribution < 1.29 is 33.4 Å². The van der Waals surface area contributed by atoms with Crippen LogP contribution in [0.2, 0.25) is 0 Å². The van der Waals surface area contributed by atoms with Crippen LogP contribution in [0.25, 0.3) is 0 Å². The zero-order valence-electron chi connectivity index (χ0n) is 20.3. The minimum atomic E-state index is -0.943. The minimum Gasteiger partial charge on any atom is -0.465 e. The van der Waals surface area contributed by atoms with E-state index in [2.05, 4.69) is 21.3 Å². The normalized spacial score (nSPS) is 13.1. The van der Waals surface area contributed by atoms with Crippen LogP contribution in [-0.2, 0) is 28.7 Å². The van der Waals surface area contributed by atoms with E-state index in [1.807, 2.05) is 0 Å². The van der Waals surface area contributed by atoms with E-state index in [4.69, 9.17) is 9.47 Å². The van der Waals surface area contributed by atoms with Gasteiger partial charge in [0.05, 0.1) is 13.2 Å². The topological polar surface area (TPSA) is 152 Å². The second kappa shape index (κ2) is 13.5. The third kappa shape index (κ3) is 12.1. The predicted molar refractivity (Wildman–Crippen MR) is 117 cm³/mol. The lowest BCUT2D eigenvalue weighted by molar-refractivity contribution is -0.143. The first-order valence-corrected chi connectivity index (χ1v) is 10.7. The maximum Gasteiger partial charge on any atom is 0.408 e. The molecule has 4 N–H and O–H groups in total. The van der Waals surface area contributed by atoms with Gasteiger partial charge in [-0.3, -0.25) is 19.2 Å². The summed E-state index contributed by atoms with van der Waals surface area (Å²) in [5, 5.41) is 9.92. The van der Waals surface area contributed by atoms with E-state index in [-0.39, 0.29) is 31.5 Å². The van der Waals surface area contributed by atoms with E-state index in [0.717, 1.165) is 0 Å². The summed E-state index contributed by atoms with van der Waals surface area (Å²) in [7, 11) is 0. The van der Waals surface area contributed by atoms with Gasteiger partial charge in [0.25, 0.3) is 0 Å². The molecule has 11 heteroatoms. The number of esters is 1. The van der Waals surface area contributed by atoms with Gasteiger partial charge in [-0.15, -0.1) is 0 Å². The molecule has 4 amide bonds. The maximum absolute atomic E-state index is 12.8. The van der Waals surface area contributed by atoms with Crippen molar-refractivity contribution in [1.82, 2.24) is 21.3 Å². The second-order valence-electron chi connectivity index (χ2n) is 8.90. The molecule has 0 heterocycles. The first kappa shape index (κ1) is 29.1. The molecule has 0 aliphatic heterocycles. The summed E-state index contributed by atoms with van der Waals surface area (Å²) in [6.07, 6.45) is -0.741. The number of hydrogen-bond acceptors (Lipinski definition) is 7. The van der Waals surface area contributed by atoms with E-state index >= 15 is 0 Å². The van der Waals surface area contributed by atoms with Gasteiger partial charge in [0.2, 0.25) is 17.7 Å². The first-order chi connectivity index (χ1) is 14.7. The number of rotatable bonds is 11. The number of nitrogens with one attached hydrogen (secondary N) is 4. The van der Waals surface area contributed by atoms with Gasteiger partial charge in [-0.2, -0.15) is 0 Å². The zero-order chi connectivity index (χ0) is 25.1. The summed E-state index contributed by atoms with van der Waals surface area (Å²) in [5.74, 6) is -2.85. The average molecular weight is 459 g/mol. The molecule has 0 bridgehead atoms. The summed E-state index contributed by atoms with van der Waals surface area (Å²) >= 11 is 0. The molecular formula is C21H38N4O7. The molecule has 0 saturated heterocycles. The summed E-state index contributed by atoms with van der Waals surface area (Å²) in [4.78, 5) is 60.5. The summed E-state index contributed by atoms with van der Waals surface area (Å²) in [6.45, 7) is 13.3. The third-order valence-electron chi connectivity index (χ3n) is 4.03. The lowest BCUT2D eigenvalue weighted by Crippen LogP contribution is -2.57. The van der Waals surface area contributed by atoms with Gasteiger partial charge in [-0.1, -0.05) is 27.7 Å². The molecular weight excluding hydrogens is 420 g/mol. The van der Waals surface area contributed by atoms with Gasteiger partial charge in [0, 0.05) is 0 Å². The minimum absolute atomic E-state index is 0.196. The molecule has 0 aliphatic rings. The molecule has 2 atom stereocenters. The Labute approximate surface area is 189 Å². The van der Waals surface area contributed by atoms with E-state index < -0.39 is 47.5 Å². The maximum atomic E-state index is 12.8. The monoisotopic (exact) mass is 458 g/mol. The number of amides is 4. The quantitative estimate of drug-likeness (QED) is 0.328. The first-order valence-electron chi connectivity index (χ1n) is 10.7. The van der Waals surface area contributed by atoms with Crippen LogP contribution >= 0.6 is 0 Å². The van der Waals surface area contributed by atoms with Crippen LogP contribution in [0.4, 0.5) is 4.79 Å². The average Bonchev–Trinajstić information content (AvgIpc) is 2.64. The Morgan fingerprint density at radius 2 is 1.31 bits per heavy atom.